The second-order valence-electron chi connectivity index (χ2n) is 3.49. The number of Topliss-reactive ketones (excluding diaryl/α,β-unsaturated/α-hetero) is 1. The molecule has 12 nitrogen and oxygen atoms in total. The summed E-state index contributed by atoms with van der Waals surface area (Å²) in [4.78, 5) is 45.3. The summed E-state index contributed by atoms with van der Waals surface area (Å²) in [7, 11) is -10.3. The second kappa shape index (κ2) is 7.69. The Bertz CT molecular complexity index is 410. The summed E-state index contributed by atoms with van der Waals surface area (Å²) in [6.45, 7) is -2.40. The molecule has 14 heteroatoms. The predicted octanol–water partition coefficient (Wildman–Crippen LogP) is -3.14. The number of aliphatic hydroxyl groups excluding tert-OH is 3. The van der Waals surface area contributed by atoms with Crippen LogP contribution in [0.1, 0.15) is 0 Å². The van der Waals surface area contributed by atoms with Crippen LogP contribution in [0, 0.1) is 0 Å². The van der Waals surface area contributed by atoms with Crippen LogP contribution in [0.3, 0.4) is 0 Å². The Morgan fingerprint density at radius 1 is 1.05 bits per heavy atom. The van der Waals surface area contributed by atoms with Crippen LogP contribution in [-0.2, 0) is 23.0 Å². The monoisotopic (exact) mass is 340 g/mol. The summed E-state index contributed by atoms with van der Waals surface area (Å²) in [5.74, 6) is -1.46. The Hall–Kier alpha value is -0.230. The maximum Gasteiger partial charge on any atom is 0.470 e. The van der Waals surface area contributed by atoms with Gasteiger partial charge in [-0.1, -0.05) is 0 Å². The van der Waals surface area contributed by atoms with E-state index in [9.17, 15) is 19.0 Å². The van der Waals surface area contributed by atoms with Crippen LogP contribution >= 0.6 is 15.6 Å². The molecule has 120 valence electrons. The fourth-order valence-corrected chi connectivity index (χ4v) is 1.83. The number of carbonyl (C=O) groups is 1. The molecule has 0 aliphatic carbocycles. The number of phosphoric ester groups is 2. The lowest BCUT2D eigenvalue weighted by atomic mass is 10.1. The average Bonchev–Trinajstić information content (AvgIpc) is 2.29. The highest BCUT2D eigenvalue weighted by atomic mass is 31.2. The van der Waals surface area contributed by atoms with E-state index in [4.69, 9.17) is 29.8 Å². The Balaban J connectivity index is 4.97. The predicted molar refractivity (Wildman–Crippen MR) is 59.0 cm³/mol. The summed E-state index contributed by atoms with van der Waals surface area (Å²) in [5.41, 5.74) is 0. The Morgan fingerprint density at radius 3 is 1.90 bits per heavy atom. The van der Waals surface area contributed by atoms with Gasteiger partial charge in [-0.3, -0.25) is 13.8 Å². The number of phosphoric acid groups is 2. The van der Waals surface area contributed by atoms with E-state index in [2.05, 4.69) is 9.05 Å². The van der Waals surface area contributed by atoms with Crippen LogP contribution in [0.25, 0.3) is 0 Å². The lowest BCUT2D eigenvalue weighted by Gasteiger charge is -2.24. The van der Waals surface area contributed by atoms with Crippen molar-refractivity contribution in [1.29, 1.82) is 0 Å². The number of hydrogen-bond donors (Lipinski definition) is 7. The number of aliphatic hydroxyl groups is 3. The molecule has 3 atom stereocenters. The van der Waals surface area contributed by atoms with Gasteiger partial charge >= 0.3 is 15.6 Å². The quantitative estimate of drug-likeness (QED) is 0.207. The first-order chi connectivity index (χ1) is 8.87. The highest BCUT2D eigenvalue weighted by molar-refractivity contribution is 7.46. The molecular weight excluding hydrogens is 326 g/mol. The van der Waals surface area contributed by atoms with Crippen molar-refractivity contribution in [3.8, 4) is 0 Å². The minimum Gasteiger partial charge on any atom is -0.394 e. The minimum absolute atomic E-state index is 1.06. The summed E-state index contributed by atoms with van der Waals surface area (Å²) in [6.07, 6.45) is -6.59. The molecule has 0 fully saturated rings. The molecule has 0 heterocycles. The van der Waals surface area contributed by atoms with Crippen LogP contribution in [0.2, 0.25) is 0 Å². The van der Waals surface area contributed by atoms with E-state index in [1.165, 1.54) is 0 Å². The molecule has 0 aromatic carbocycles. The molecule has 0 aliphatic rings. The van der Waals surface area contributed by atoms with E-state index in [0.29, 0.717) is 0 Å². The molecule has 7 N–H and O–H groups in total. The molecule has 0 aromatic rings. The highest BCUT2D eigenvalue weighted by Crippen LogP contribution is 2.40. The Morgan fingerprint density at radius 2 is 1.55 bits per heavy atom. The molecule has 20 heavy (non-hydrogen) atoms. The first-order valence-electron chi connectivity index (χ1n) is 4.81. The van der Waals surface area contributed by atoms with Crippen LogP contribution in [-0.4, -0.2) is 72.2 Å². The summed E-state index contributed by atoms with van der Waals surface area (Å²) < 4.78 is 28.7. The van der Waals surface area contributed by atoms with Crippen LogP contribution in [0.4, 0.5) is 0 Å². The van der Waals surface area contributed by atoms with Crippen molar-refractivity contribution in [3.05, 3.63) is 0 Å². The van der Waals surface area contributed by atoms with Crippen molar-refractivity contribution in [3.63, 3.8) is 0 Å². The summed E-state index contributed by atoms with van der Waals surface area (Å²) in [5, 5.41) is 27.0. The smallest absolute Gasteiger partial charge is 0.394 e. The van der Waals surface area contributed by atoms with Crippen molar-refractivity contribution in [2.75, 3.05) is 13.2 Å². The van der Waals surface area contributed by atoms with E-state index >= 15 is 0 Å². The zero-order valence-corrected chi connectivity index (χ0v) is 11.5. The fourth-order valence-electron chi connectivity index (χ4n) is 0.999. The molecule has 0 saturated heterocycles. The van der Waals surface area contributed by atoms with Gasteiger partial charge in [0.15, 0.2) is 11.9 Å². The molecule has 0 spiro atoms. The first kappa shape index (κ1) is 19.8. The van der Waals surface area contributed by atoms with E-state index in [-0.39, 0.29) is 0 Å². The zero-order chi connectivity index (χ0) is 16.1. The number of rotatable bonds is 9. The van der Waals surface area contributed by atoms with Crippen molar-refractivity contribution in [2.45, 2.75) is 18.3 Å². The average molecular weight is 340 g/mol. The summed E-state index contributed by atoms with van der Waals surface area (Å²) >= 11 is 0. The van der Waals surface area contributed by atoms with Gasteiger partial charge in [0.25, 0.3) is 0 Å². The fraction of sp³-hybridized carbons (Fsp3) is 0.833. The topological polar surface area (TPSA) is 211 Å². The van der Waals surface area contributed by atoms with E-state index in [1.807, 2.05) is 0 Å². The van der Waals surface area contributed by atoms with E-state index < -0.39 is 53.0 Å². The van der Waals surface area contributed by atoms with Gasteiger partial charge in [-0.2, -0.15) is 0 Å². The zero-order valence-electron chi connectivity index (χ0n) is 9.71. The van der Waals surface area contributed by atoms with Gasteiger partial charge in [0.2, 0.25) is 0 Å². The molecule has 0 aromatic heterocycles. The first-order valence-corrected chi connectivity index (χ1v) is 7.87. The van der Waals surface area contributed by atoms with Gasteiger partial charge in [-0.15, -0.1) is 0 Å². The highest BCUT2D eigenvalue weighted by Gasteiger charge is 2.38. The lowest BCUT2D eigenvalue weighted by molar-refractivity contribution is -0.141. The molecule has 0 unspecified atom stereocenters. The molecule has 0 radical (unpaired) electrons. The third kappa shape index (κ3) is 8.15. The number of carbonyl (C=O) groups excluding carboxylic acids is 1. The van der Waals surface area contributed by atoms with Gasteiger partial charge in [0, 0.05) is 0 Å². The number of ketones is 1. The van der Waals surface area contributed by atoms with Crippen molar-refractivity contribution in [1.82, 2.24) is 0 Å². The number of hydrogen-bond acceptors (Lipinski definition) is 8. The standard InChI is InChI=1S/C6H14O12P2/c7-1-3(8)5(10)6(18-20(14,15)16)4(9)2-17-19(11,12)13/h3,5-8,10H,1-2H2,(H2,11,12,13)(H2,14,15,16)/t3-,5-,6-/m0/s1. The Labute approximate surface area is 112 Å². The van der Waals surface area contributed by atoms with Gasteiger partial charge in [-0.25, -0.2) is 9.13 Å². The van der Waals surface area contributed by atoms with Crippen molar-refractivity contribution in [2.24, 2.45) is 0 Å². The van der Waals surface area contributed by atoms with Crippen molar-refractivity contribution < 1.29 is 57.9 Å². The van der Waals surface area contributed by atoms with Crippen LogP contribution in [0.15, 0.2) is 0 Å². The second-order valence-corrected chi connectivity index (χ2v) is 5.92. The van der Waals surface area contributed by atoms with Gasteiger partial charge < -0.3 is 34.9 Å². The molecular formula is C6H14O12P2. The molecule has 0 bridgehead atoms. The molecule has 0 aliphatic heterocycles. The molecule has 0 saturated carbocycles. The van der Waals surface area contributed by atoms with Crippen molar-refractivity contribution >= 4 is 21.4 Å². The maximum atomic E-state index is 11.4. The molecule has 0 rings (SSSR count). The van der Waals surface area contributed by atoms with Gasteiger partial charge in [0.1, 0.15) is 18.8 Å². The Kier molecular flexibility index (Phi) is 7.60. The SMILES string of the molecule is O=C(COP(=O)(O)O)[C@H](OP(=O)(O)O)[C@@H](O)[C@@H](O)CO. The normalized spacial score (nSPS) is 17.6. The van der Waals surface area contributed by atoms with Gasteiger partial charge in [0.05, 0.1) is 6.61 Å². The largest absolute Gasteiger partial charge is 0.470 e. The molecule has 0 amide bonds. The maximum absolute atomic E-state index is 11.4. The summed E-state index contributed by atoms with van der Waals surface area (Å²) in [6, 6.07) is 0. The third-order valence-electron chi connectivity index (χ3n) is 1.83. The van der Waals surface area contributed by atoms with Crippen LogP contribution < -0.4 is 0 Å². The van der Waals surface area contributed by atoms with E-state index in [0.717, 1.165) is 0 Å². The van der Waals surface area contributed by atoms with Crippen LogP contribution in [0.5, 0.6) is 0 Å². The lowest BCUT2D eigenvalue weighted by Crippen LogP contribution is -2.46. The van der Waals surface area contributed by atoms with E-state index in [1.54, 1.807) is 0 Å². The third-order valence-corrected chi connectivity index (χ3v) is 2.80. The van der Waals surface area contributed by atoms with Gasteiger partial charge in [-0.05, 0) is 0 Å². The minimum atomic E-state index is -5.27.